The minimum atomic E-state index is -1.68. The summed E-state index contributed by atoms with van der Waals surface area (Å²) in [5.74, 6) is -2.39. The predicted molar refractivity (Wildman–Crippen MR) is 459 cm³/mol. The van der Waals surface area contributed by atoms with Crippen LogP contribution < -0.4 is 42.6 Å². The lowest BCUT2D eigenvalue weighted by molar-refractivity contribution is -0.310. The van der Waals surface area contributed by atoms with E-state index in [1.165, 1.54) is 24.3 Å². The minimum absolute atomic E-state index is 0.0125. The van der Waals surface area contributed by atoms with Gasteiger partial charge in [-0.2, -0.15) is 0 Å². The quantitative estimate of drug-likeness (QED) is 0.0269. The first-order chi connectivity index (χ1) is 60.2. The molecule has 2 aliphatic heterocycles. The Labute approximate surface area is 708 Å². The molecule has 0 spiro atoms. The molecule has 16 rings (SSSR count). The van der Waals surface area contributed by atoms with Crippen molar-refractivity contribution in [2.24, 2.45) is 0 Å². The number of rotatable bonds is 35. The van der Waals surface area contributed by atoms with Gasteiger partial charge < -0.3 is 71.1 Å². The van der Waals surface area contributed by atoms with Crippen molar-refractivity contribution in [2.75, 3.05) is 6.61 Å². The Morgan fingerprint density at radius 1 is 0.279 bits per heavy atom. The third-order valence-electron chi connectivity index (χ3n) is 20.4. The molecule has 1 saturated heterocycles. The van der Waals surface area contributed by atoms with Crippen LogP contribution in [-0.4, -0.2) is 55.2 Å². The Morgan fingerprint density at radius 2 is 0.541 bits per heavy atom. The highest BCUT2D eigenvalue weighted by molar-refractivity contribution is 6.09. The summed E-state index contributed by atoms with van der Waals surface area (Å²) in [6.07, 6.45) is -7.95. The van der Waals surface area contributed by atoms with Gasteiger partial charge in [-0.15, -0.1) is 0 Å². The lowest BCUT2D eigenvalue weighted by Crippen LogP contribution is -2.62. The Hall–Kier alpha value is -14.4. The summed E-state index contributed by atoms with van der Waals surface area (Å²) in [6.45, 7) is -1.11. The van der Waals surface area contributed by atoms with Crippen LogP contribution in [0.5, 0.6) is 51.7 Å². The van der Waals surface area contributed by atoms with E-state index in [0.717, 1.165) is 50.1 Å². The van der Waals surface area contributed by atoms with Crippen LogP contribution in [0.2, 0.25) is 0 Å². The van der Waals surface area contributed by atoms with Gasteiger partial charge in [-0.25, -0.2) is 14.4 Å². The Morgan fingerprint density at radius 3 is 0.861 bits per heavy atom. The van der Waals surface area contributed by atoms with Crippen molar-refractivity contribution in [1.82, 2.24) is 0 Å². The van der Waals surface area contributed by atoms with E-state index in [9.17, 15) is 0 Å². The molecule has 1 fully saturated rings. The molecule has 0 unspecified atom stereocenters. The molecule has 122 heavy (non-hydrogen) atoms. The van der Waals surface area contributed by atoms with E-state index in [4.69, 9.17) is 71.1 Å². The summed E-state index contributed by atoms with van der Waals surface area (Å²) >= 11 is 0. The lowest BCUT2D eigenvalue weighted by Gasteiger charge is -2.44. The first kappa shape index (κ1) is 81.3. The average molecular weight is 1630 g/mol. The SMILES string of the molecule is O=C(O[C@H]1[C@H](OCc2ccccc2)O[C@@H]2COC(=O)c3cc(OCc4ccccc4)c(OCc4ccccc4)c(OCc4ccccc4)c3-c3c(cc(OCc4ccccc4)c(OCc4ccccc4)c3OCc3ccccc3)C(=O)O[C@H]2[C@@H]1OCc1ccccc1)c1cc(OCc2ccccc2)c(OCc2ccccc2)c(OCc2ccccc2)c1. The van der Waals surface area contributed by atoms with E-state index in [0.29, 0.717) is 11.1 Å². The van der Waals surface area contributed by atoms with Crippen LogP contribution in [0.25, 0.3) is 11.1 Å². The molecule has 14 aromatic carbocycles. The van der Waals surface area contributed by atoms with Crippen LogP contribution in [0.3, 0.4) is 0 Å². The molecule has 0 N–H and O–H groups in total. The van der Waals surface area contributed by atoms with Crippen molar-refractivity contribution in [1.29, 1.82) is 0 Å². The highest BCUT2D eigenvalue weighted by atomic mass is 16.7. The number of cyclic esters (lactones) is 1. The molecule has 612 valence electrons. The van der Waals surface area contributed by atoms with Crippen molar-refractivity contribution in [2.45, 2.75) is 103 Å². The van der Waals surface area contributed by atoms with E-state index in [1.807, 2.05) is 334 Å². The molecule has 0 bridgehead atoms. The van der Waals surface area contributed by atoms with Crippen LogP contribution in [0.4, 0.5) is 0 Å². The fourth-order valence-electron chi connectivity index (χ4n) is 14.2. The number of benzene rings is 14. The van der Waals surface area contributed by atoms with E-state index in [1.54, 1.807) is 0 Å². The molecular weight excluding hydrogens is 1540 g/mol. The Bertz CT molecular complexity index is 5640. The van der Waals surface area contributed by atoms with Gasteiger partial charge in [0.1, 0.15) is 78.3 Å². The first-order valence-corrected chi connectivity index (χ1v) is 40.4. The number of ether oxygens (including phenoxy) is 15. The van der Waals surface area contributed by atoms with Gasteiger partial charge in [0.15, 0.2) is 53.0 Å². The average Bonchev–Trinajstić information content (AvgIpc) is 1.11. The highest BCUT2D eigenvalue weighted by Crippen LogP contribution is 2.57. The smallest absolute Gasteiger partial charge is 0.339 e. The zero-order chi connectivity index (χ0) is 82.9. The van der Waals surface area contributed by atoms with E-state index in [-0.39, 0.29) is 152 Å². The Balaban J connectivity index is 0.906. The van der Waals surface area contributed by atoms with Crippen molar-refractivity contribution in [3.63, 3.8) is 0 Å². The molecule has 0 aromatic heterocycles. The summed E-state index contributed by atoms with van der Waals surface area (Å²) in [7, 11) is 0. The monoisotopic (exact) mass is 1620 g/mol. The van der Waals surface area contributed by atoms with Gasteiger partial charge in [0, 0.05) is 11.1 Å². The zero-order valence-corrected chi connectivity index (χ0v) is 66.8. The molecule has 0 aliphatic carbocycles. The standard InChI is InChI=1S/C104H88O18/c105-101(83-56-86(108-60-72-34-12-1-13-35-72)93(112-64-76-42-20-5-21-43-76)87(57-83)109-61-73-36-14-2-15-37-73)122-100-99(117-69-81-52-30-10-31-53-81)96-90(120-104(100)119-70-82-54-32-11-33-55-82)71-118-102(106)84-58-88(110-62-74-38-16-3-17-39-74)94(113-65-77-44-22-6-23-45-77)97(115-67-79-48-26-8-27-49-79)91(84)92-85(103(107)121-96)59-89(111-63-75-40-18-4-19-41-75)95(114-66-78-46-24-7-25-47-78)98(92)116-68-80-50-28-9-29-51-80/h1-59,90,96,99-100,104H,60-71H2/t90-,96-,99+,100-,104-/m1/s1. The zero-order valence-electron chi connectivity index (χ0n) is 66.8. The van der Waals surface area contributed by atoms with E-state index >= 15 is 14.4 Å². The first-order valence-electron chi connectivity index (χ1n) is 40.4. The lowest BCUT2D eigenvalue weighted by atomic mass is 9.91. The third-order valence-corrected chi connectivity index (χ3v) is 20.4. The molecule has 18 heteroatoms. The van der Waals surface area contributed by atoms with Crippen molar-refractivity contribution < 1.29 is 85.4 Å². The summed E-state index contributed by atoms with van der Waals surface area (Å²) in [4.78, 5) is 50.3. The van der Waals surface area contributed by atoms with E-state index in [2.05, 4.69) is 0 Å². The number of carbonyl (C=O) groups is 3. The summed E-state index contributed by atoms with van der Waals surface area (Å²) in [5.41, 5.74) is 7.86. The second-order valence-corrected chi connectivity index (χ2v) is 29.1. The number of esters is 3. The van der Waals surface area contributed by atoms with Gasteiger partial charge in [-0.1, -0.05) is 334 Å². The maximum Gasteiger partial charge on any atom is 0.339 e. The minimum Gasteiger partial charge on any atom is -0.485 e. The number of carbonyl (C=O) groups excluding carboxylic acids is 3. The molecule has 2 heterocycles. The molecule has 0 saturated carbocycles. The van der Waals surface area contributed by atoms with Crippen LogP contribution >= 0.6 is 0 Å². The van der Waals surface area contributed by atoms with Crippen molar-refractivity contribution in [3.8, 4) is 62.9 Å². The van der Waals surface area contributed by atoms with Gasteiger partial charge in [-0.05, 0) is 85.5 Å². The highest BCUT2D eigenvalue weighted by Gasteiger charge is 2.53. The molecule has 5 atom stereocenters. The van der Waals surface area contributed by atoms with Crippen LogP contribution in [0.15, 0.2) is 358 Å². The van der Waals surface area contributed by atoms with Gasteiger partial charge in [0.2, 0.25) is 17.2 Å². The molecule has 2 aliphatic rings. The predicted octanol–water partition coefficient (Wildman–Crippen LogP) is 21.0. The fraction of sp³-hybridized carbons (Fsp3) is 0.163. The van der Waals surface area contributed by atoms with Gasteiger partial charge in [-0.3, -0.25) is 0 Å². The van der Waals surface area contributed by atoms with Crippen LogP contribution in [-0.2, 0) is 101 Å². The molecular formula is C104H88O18. The molecule has 14 aromatic rings. The third kappa shape index (κ3) is 21.2. The maximum atomic E-state index is 17.4. The Kier molecular flexibility index (Phi) is 27.2. The van der Waals surface area contributed by atoms with Crippen LogP contribution in [0.1, 0.15) is 92.3 Å². The van der Waals surface area contributed by atoms with E-state index < -0.39 is 55.2 Å². The largest absolute Gasteiger partial charge is 0.485 e. The maximum absolute atomic E-state index is 17.4. The van der Waals surface area contributed by atoms with Gasteiger partial charge in [0.25, 0.3) is 0 Å². The van der Waals surface area contributed by atoms with Crippen molar-refractivity contribution >= 4 is 17.9 Å². The molecule has 0 amide bonds. The summed E-state index contributed by atoms with van der Waals surface area (Å²) in [5, 5.41) is 0. The topological polar surface area (TPSA) is 190 Å². The van der Waals surface area contributed by atoms with Crippen molar-refractivity contribution in [3.05, 3.63) is 436 Å². The second kappa shape index (κ2) is 40.8. The number of hydrogen-bond donors (Lipinski definition) is 0. The van der Waals surface area contributed by atoms with Crippen LogP contribution in [0, 0.1) is 0 Å². The summed E-state index contributed by atoms with van der Waals surface area (Å²) < 4.78 is 105. The second-order valence-electron chi connectivity index (χ2n) is 29.1. The normalized spacial score (nSPS) is 15.4. The number of fused-ring (bicyclic) bond motifs is 4. The number of hydrogen-bond acceptors (Lipinski definition) is 18. The fourth-order valence-corrected chi connectivity index (χ4v) is 14.2. The van der Waals surface area contributed by atoms with Gasteiger partial charge in [0.05, 0.1) is 29.9 Å². The van der Waals surface area contributed by atoms with Gasteiger partial charge >= 0.3 is 17.9 Å². The summed E-state index contributed by atoms with van der Waals surface area (Å²) in [6, 6.07) is 111. The molecule has 18 nitrogen and oxygen atoms in total. The molecule has 0 radical (unpaired) electrons.